The van der Waals surface area contributed by atoms with E-state index in [1.165, 1.54) is 43.8 Å². The largest absolute Gasteiger partial charge is 0.309 e. The molecule has 0 aliphatic carbocycles. The predicted octanol–water partition coefficient (Wildman–Crippen LogP) is 16.7. The van der Waals surface area contributed by atoms with Gasteiger partial charge in [-0.3, -0.25) is 9.97 Å². The Labute approximate surface area is 394 Å². The average Bonchev–Trinajstić information content (AvgIpc) is 3.92. The van der Waals surface area contributed by atoms with Gasteiger partial charge in [0.05, 0.1) is 33.5 Å². The molecule has 0 N–H and O–H groups in total. The Kier molecular flexibility index (Phi) is 9.47. The fraction of sp³-hybridized carbons (Fsp3) is 0. The molecule has 4 aromatic heterocycles. The lowest BCUT2D eigenvalue weighted by Gasteiger charge is -2.10. The third-order valence-corrected chi connectivity index (χ3v) is 13.4. The van der Waals surface area contributed by atoms with Crippen LogP contribution < -0.4 is 0 Å². The minimum atomic E-state index is 0.946. The highest BCUT2D eigenvalue weighted by atomic mass is 15.0. The molecule has 4 heteroatoms. The molecule has 318 valence electrons. The Morgan fingerprint density at radius 3 is 0.985 bits per heavy atom. The molecule has 13 aromatic rings. The number of aromatic nitrogens is 4. The molecule has 0 amide bonds. The van der Waals surface area contributed by atoms with Crippen molar-refractivity contribution in [2.24, 2.45) is 0 Å². The molecule has 0 aliphatic heterocycles. The lowest BCUT2D eigenvalue weighted by Crippen LogP contribution is -1.94. The molecule has 9 aromatic carbocycles. The van der Waals surface area contributed by atoms with Gasteiger partial charge in [-0.25, -0.2) is 0 Å². The van der Waals surface area contributed by atoms with E-state index in [0.717, 1.165) is 78.2 Å². The number of para-hydroxylation sites is 2. The molecule has 0 saturated carbocycles. The van der Waals surface area contributed by atoms with E-state index in [-0.39, 0.29) is 0 Å². The van der Waals surface area contributed by atoms with Gasteiger partial charge in [0.1, 0.15) is 0 Å². The summed E-state index contributed by atoms with van der Waals surface area (Å²) in [7, 11) is 0. The quantitative estimate of drug-likeness (QED) is 0.153. The average molecular weight is 867 g/mol. The van der Waals surface area contributed by atoms with Gasteiger partial charge in [-0.05, 0) is 129 Å². The molecule has 68 heavy (non-hydrogen) atoms. The first kappa shape index (κ1) is 39.3. The van der Waals surface area contributed by atoms with Gasteiger partial charge in [-0.15, -0.1) is 0 Å². The minimum absolute atomic E-state index is 0.946. The maximum Gasteiger partial charge on any atom is 0.0708 e. The molecule has 0 radical (unpaired) electrons. The Hall–Kier alpha value is -9.12. The van der Waals surface area contributed by atoms with E-state index in [4.69, 9.17) is 9.97 Å². The summed E-state index contributed by atoms with van der Waals surface area (Å²) in [6.45, 7) is 0. The summed E-state index contributed by atoms with van der Waals surface area (Å²) in [6.07, 6.45) is 3.86. The second-order valence-corrected chi connectivity index (χ2v) is 17.4. The van der Waals surface area contributed by atoms with E-state index >= 15 is 0 Å². The summed E-state index contributed by atoms with van der Waals surface area (Å²) in [5.74, 6) is 0. The van der Waals surface area contributed by atoms with Gasteiger partial charge < -0.3 is 9.13 Å². The number of nitrogens with zero attached hydrogens (tertiary/aromatic N) is 4. The van der Waals surface area contributed by atoms with Crippen molar-refractivity contribution in [1.82, 2.24) is 19.1 Å². The zero-order valence-electron chi connectivity index (χ0n) is 37.0. The molecule has 13 rings (SSSR count). The fourth-order valence-electron chi connectivity index (χ4n) is 10.1. The highest BCUT2D eigenvalue weighted by Gasteiger charge is 2.20. The summed E-state index contributed by atoms with van der Waals surface area (Å²) in [5.41, 5.74) is 20.2. The van der Waals surface area contributed by atoms with E-state index < -0.39 is 0 Å². The number of benzene rings is 9. The van der Waals surface area contributed by atoms with Crippen LogP contribution in [-0.2, 0) is 0 Å². The van der Waals surface area contributed by atoms with Crippen molar-refractivity contribution < 1.29 is 0 Å². The first-order valence-electron chi connectivity index (χ1n) is 23.1. The number of rotatable bonds is 8. The van der Waals surface area contributed by atoms with Crippen LogP contribution in [0.3, 0.4) is 0 Å². The van der Waals surface area contributed by atoms with Crippen molar-refractivity contribution in [2.45, 2.75) is 0 Å². The Morgan fingerprint density at radius 1 is 0.221 bits per heavy atom. The first-order valence-corrected chi connectivity index (χ1v) is 23.1. The summed E-state index contributed by atoms with van der Waals surface area (Å²) in [6, 6.07) is 87.2. The number of pyridine rings is 2. The van der Waals surface area contributed by atoms with Gasteiger partial charge >= 0.3 is 0 Å². The van der Waals surface area contributed by atoms with E-state index in [1.54, 1.807) is 0 Å². The zero-order chi connectivity index (χ0) is 45.0. The molecule has 0 spiro atoms. The fourth-order valence-corrected chi connectivity index (χ4v) is 10.1. The van der Waals surface area contributed by atoms with Crippen molar-refractivity contribution >= 4 is 43.6 Å². The normalized spacial score (nSPS) is 11.5. The Morgan fingerprint density at radius 2 is 0.559 bits per heavy atom. The summed E-state index contributed by atoms with van der Waals surface area (Å²) >= 11 is 0. The van der Waals surface area contributed by atoms with E-state index in [0.29, 0.717) is 0 Å². The maximum absolute atomic E-state index is 4.86. The Balaban J connectivity index is 0.961. The van der Waals surface area contributed by atoms with Crippen LogP contribution in [0.15, 0.2) is 255 Å². The molecule has 4 nitrogen and oxygen atoms in total. The molecular formula is C64H42N4. The van der Waals surface area contributed by atoms with Gasteiger partial charge in [0, 0.05) is 56.4 Å². The van der Waals surface area contributed by atoms with Crippen LogP contribution in [0.1, 0.15) is 0 Å². The van der Waals surface area contributed by atoms with E-state index in [2.05, 4.69) is 252 Å². The molecule has 0 fully saturated rings. The molecule has 0 bridgehead atoms. The van der Waals surface area contributed by atoms with E-state index in [9.17, 15) is 0 Å². The third-order valence-electron chi connectivity index (χ3n) is 13.4. The molecule has 0 atom stereocenters. The lowest BCUT2D eigenvalue weighted by molar-refractivity contribution is 1.17. The minimum Gasteiger partial charge on any atom is -0.309 e. The maximum atomic E-state index is 4.86. The highest BCUT2D eigenvalue weighted by molar-refractivity contribution is 6.19. The monoisotopic (exact) mass is 866 g/mol. The smallest absolute Gasteiger partial charge is 0.0708 e. The summed E-state index contributed by atoms with van der Waals surface area (Å²) in [4.78, 5) is 9.71. The van der Waals surface area contributed by atoms with Gasteiger partial charge in [-0.2, -0.15) is 0 Å². The second-order valence-electron chi connectivity index (χ2n) is 17.4. The number of hydrogen-bond acceptors (Lipinski definition) is 2. The zero-order valence-corrected chi connectivity index (χ0v) is 37.0. The summed E-state index contributed by atoms with van der Waals surface area (Å²) < 4.78 is 4.87. The van der Waals surface area contributed by atoms with Crippen LogP contribution in [0.2, 0.25) is 0 Å². The molecule has 0 aliphatic rings. The van der Waals surface area contributed by atoms with Crippen LogP contribution in [-0.4, -0.2) is 19.1 Å². The molecule has 0 unspecified atom stereocenters. The van der Waals surface area contributed by atoms with Gasteiger partial charge in [0.15, 0.2) is 0 Å². The van der Waals surface area contributed by atoms with Crippen molar-refractivity contribution in [3.63, 3.8) is 0 Å². The third kappa shape index (κ3) is 6.86. The van der Waals surface area contributed by atoms with Gasteiger partial charge in [0.2, 0.25) is 0 Å². The van der Waals surface area contributed by atoms with Crippen LogP contribution in [0.5, 0.6) is 0 Å². The molecular weight excluding hydrogens is 825 g/mol. The molecule has 4 heterocycles. The Bertz CT molecular complexity index is 3740. The second kappa shape index (κ2) is 16.4. The lowest BCUT2D eigenvalue weighted by atomic mass is 9.99. The number of fused-ring (bicyclic) bond motifs is 6. The first-order chi connectivity index (χ1) is 33.7. The van der Waals surface area contributed by atoms with Crippen LogP contribution in [0, 0.1) is 0 Å². The van der Waals surface area contributed by atoms with Crippen molar-refractivity contribution in [2.75, 3.05) is 0 Å². The standard InChI is InChI=1S/C64H42N4/c1-5-15-43(16-6-1)45-19-13-21-51(35-45)59-37-49(31-33-65-59)47-27-29-55-57-41-64-58(42-63(57)67(61(55)39-47)53-23-9-3-10-24-53)56-30-28-48(40-62(56)68(64)54-25-11-4-12-26-54)50-32-34-66-60(38-50)52-22-14-20-46(36-52)44-17-7-2-8-18-44/h1-42H. The van der Waals surface area contributed by atoms with Gasteiger partial charge in [-0.1, -0.05) is 158 Å². The van der Waals surface area contributed by atoms with Crippen molar-refractivity contribution in [3.8, 4) is 78.4 Å². The van der Waals surface area contributed by atoms with Crippen LogP contribution >= 0.6 is 0 Å². The summed E-state index contributed by atoms with van der Waals surface area (Å²) in [5, 5.41) is 4.80. The van der Waals surface area contributed by atoms with Crippen molar-refractivity contribution in [3.05, 3.63) is 255 Å². The van der Waals surface area contributed by atoms with E-state index in [1.807, 2.05) is 12.4 Å². The SMILES string of the molecule is c1ccc(-c2cccc(-c3cc(-c4ccc5c6cc7c(cc6n(-c6ccccc6)c5c4)c4ccc(-c5ccnc(-c6cccc(-c8ccccc8)c6)c5)cc4n7-c4ccccc4)ccn3)c2)cc1. The predicted molar refractivity (Wildman–Crippen MR) is 283 cm³/mol. The van der Waals surface area contributed by atoms with Crippen molar-refractivity contribution in [1.29, 1.82) is 0 Å². The number of hydrogen-bond donors (Lipinski definition) is 0. The van der Waals surface area contributed by atoms with Crippen LogP contribution in [0.25, 0.3) is 122 Å². The van der Waals surface area contributed by atoms with Crippen LogP contribution in [0.4, 0.5) is 0 Å². The van der Waals surface area contributed by atoms with Gasteiger partial charge in [0.25, 0.3) is 0 Å². The highest BCUT2D eigenvalue weighted by Crippen LogP contribution is 2.42. The molecule has 0 saturated heterocycles. The topological polar surface area (TPSA) is 35.6 Å².